The number of rotatable bonds is 3. The van der Waals surface area contributed by atoms with Gasteiger partial charge < -0.3 is 10.6 Å². The van der Waals surface area contributed by atoms with Gasteiger partial charge in [-0.2, -0.15) is 26.3 Å². The highest BCUT2D eigenvalue weighted by Crippen LogP contribution is 2.37. The fourth-order valence-electron chi connectivity index (χ4n) is 1.82. The number of halogens is 6. The molecule has 1 unspecified atom stereocenters. The molecule has 0 saturated heterocycles. The summed E-state index contributed by atoms with van der Waals surface area (Å²) in [5.41, 5.74) is 2.65. The normalized spacial score (nSPS) is 14.7. The number of likely N-dealkylation sites (N-methyl/N-ethyl adjacent to an activating group) is 1. The Morgan fingerprint density at radius 3 is 1.60 bits per heavy atom. The van der Waals surface area contributed by atoms with Crippen LogP contribution in [0.5, 0.6) is 0 Å². The van der Waals surface area contributed by atoms with Crippen molar-refractivity contribution in [2.24, 2.45) is 5.73 Å². The highest BCUT2D eigenvalue weighted by atomic mass is 19.4. The third-order valence-corrected chi connectivity index (χ3v) is 2.84. The molecule has 1 atom stereocenters. The van der Waals surface area contributed by atoms with Crippen molar-refractivity contribution < 1.29 is 26.3 Å². The maximum Gasteiger partial charge on any atom is 0.416 e. The van der Waals surface area contributed by atoms with E-state index in [2.05, 4.69) is 0 Å². The average molecular weight is 300 g/mol. The molecule has 20 heavy (non-hydrogen) atoms. The molecule has 1 aromatic carbocycles. The van der Waals surface area contributed by atoms with Crippen molar-refractivity contribution in [2.45, 2.75) is 18.4 Å². The Bertz CT molecular complexity index is 432. The lowest BCUT2D eigenvalue weighted by atomic mass is 9.99. The molecule has 0 radical (unpaired) electrons. The number of nitrogens with two attached hydrogens (primary N) is 1. The molecule has 0 fully saturated rings. The minimum atomic E-state index is -4.85. The van der Waals surface area contributed by atoms with E-state index in [1.807, 2.05) is 0 Å². The summed E-state index contributed by atoms with van der Waals surface area (Å²) in [7, 11) is 3.07. The van der Waals surface area contributed by atoms with Gasteiger partial charge in [-0.3, -0.25) is 0 Å². The molecule has 0 heterocycles. The molecule has 0 aliphatic heterocycles. The summed E-state index contributed by atoms with van der Waals surface area (Å²) in [5.74, 6) is 0. The van der Waals surface area contributed by atoms with Gasteiger partial charge in [0.1, 0.15) is 0 Å². The highest BCUT2D eigenvalue weighted by Gasteiger charge is 2.37. The molecule has 0 aliphatic rings. The summed E-state index contributed by atoms with van der Waals surface area (Å²) in [4.78, 5) is 1.47. The Balaban J connectivity index is 3.45. The zero-order chi connectivity index (χ0) is 15.7. The van der Waals surface area contributed by atoms with Crippen LogP contribution in [0.25, 0.3) is 0 Å². The van der Waals surface area contributed by atoms with Gasteiger partial charge in [-0.05, 0) is 37.9 Å². The van der Waals surface area contributed by atoms with Crippen LogP contribution < -0.4 is 5.73 Å². The van der Waals surface area contributed by atoms with Crippen LogP contribution in [-0.2, 0) is 12.4 Å². The Hall–Kier alpha value is -1.28. The molecule has 0 amide bonds. The van der Waals surface area contributed by atoms with E-state index < -0.39 is 29.5 Å². The minimum absolute atomic E-state index is 0.0917. The molecule has 0 aliphatic carbocycles. The fraction of sp³-hybridized carbons (Fsp3) is 0.500. The van der Waals surface area contributed by atoms with Gasteiger partial charge in [-0.15, -0.1) is 0 Å². The van der Waals surface area contributed by atoms with Crippen molar-refractivity contribution >= 4 is 0 Å². The van der Waals surface area contributed by atoms with Crippen molar-refractivity contribution in [2.75, 3.05) is 20.6 Å². The minimum Gasteiger partial charge on any atom is -0.329 e. The predicted octanol–water partition coefficient (Wildman–Crippen LogP) is 3.29. The van der Waals surface area contributed by atoms with Gasteiger partial charge in [0.15, 0.2) is 0 Å². The summed E-state index contributed by atoms with van der Waals surface area (Å²) < 4.78 is 76.2. The smallest absolute Gasteiger partial charge is 0.329 e. The van der Waals surface area contributed by atoms with Crippen LogP contribution in [0, 0.1) is 0 Å². The Morgan fingerprint density at radius 2 is 1.35 bits per heavy atom. The maximum absolute atomic E-state index is 12.7. The van der Waals surface area contributed by atoms with E-state index in [9.17, 15) is 26.3 Å². The van der Waals surface area contributed by atoms with Gasteiger partial charge in [0.25, 0.3) is 0 Å². The largest absolute Gasteiger partial charge is 0.416 e. The Labute approximate surface area is 112 Å². The van der Waals surface area contributed by atoms with Crippen LogP contribution in [0.1, 0.15) is 22.7 Å². The van der Waals surface area contributed by atoms with E-state index in [4.69, 9.17) is 5.73 Å². The second-order valence-corrected chi connectivity index (χ2v) is 4.55. The van der Waals surface area contributed by atoms with E-state index in [0.717, 1.165) is 0 Å². The third kappa shape index (κ3) is 3.86. The van der Waals surface area contributed by atoms with E-state index in [1.54, 1.807) is 0 Å². The van der Waals surface area contributed by atoms with Crippen LogP contribution in [0.2, 0.25) is 0 Å². The third-order valence-electron chi connectivity index (χ3n) is 2.84. The number of hydrogen-bond acceptors (Lipinski definition) is 2. The SMILES string of the molecule is CN(C)C(CN)c1cc(C(F)(F)F)cc(C(F)(F)F)c1. The van der Waals surface area contributed by atoms with Gasteiger partial charge in [0.2, 0.25) is 0 Å². The van der Waals surface area contributed by atoms with Gasteiger partial charge in [-0.25, -0.2) is 0 Å². The quantitative estimate of drug-likeness (QED) is 0.868. The lowest BCUT2D eigenvalue weighted by molar-refractivity contribution is -0.143. The molecule has 2 nitrogen and oxygen atoms in total. The van der Waals surface area contributed by atoms with Crippen LogP contribution in [0.15, 0.2) is 18.2 Å². The van der Waals surface area contributed by atoms with Crippen molar-refractivity contribution in [1.29, 1.82) is 0 Å². The molecule has 0 aromatic heterocycles. The molecule has 114 valence electrons. The van der Waals surface area contributed by atoms with Crippen LogP contribution in [0.4, 0.5) is 26.3 Å². The summed E-state index contributed by atoms with van der Waals surface area (Å²) in [6, 6.07) is 0.783. The standard InChI is InChI=1S/C12H14F6N2/c1-20(2)10(6-19)7-3-8(11(13,14)15)5-9(4-7)12(16,17)18/h3-5,10H,6,19H2,1-2H3. The summed E-state index contributed by atoms with van der Waals surface area (Å²) in [5, 5.41) is 0. The molecule has 0 spiro atoms. The predicted molar refractivity (Wildman–Crippen MR) is 61.9 cm³/mol. The van der Waals surface area contributed by atoms with Crippen molar-refractivity contribution in [3.8, 4) is 0 Å². The number of benzene rings is 1. The van der Waals surface area contributed by atoms with Crippen molar-refractivity contribution in [3.63, 3.8) is 0 Å². The maximum atomic E-state index is 12.7. The molecule has 1 rings (SSSR count). The lowest BCUT2D eigenvalue weighted by Gasteiger charge is -2.25. The zero-order valence-electron chi connectivity index (χ0n) is 10.8. The first-order valence-corrected chi connectivity index (χ1v) is 5.62. The number of alkyl halides is 6. The molecule has 2 N–H and O–H groups in total. The Kier molecular flexibility index (Phi) is 4.70. The van der Waals surface area contributed by atoms with E-state index in [0.29, 0.717) is 12.1 Å². The fourth-order valence-corrected chi connectivity index (χ4v) is 1.82. The number of hydrogen-bond donors (Lipinski definition) is 1. The van der Waals surface area contributed by atoms with Crippen LogP contribution in [0.3, 0.4) is 0 Å². The first kappa shape index (κ1) is 16.8. The summed E-state index contributed by atoms with van der Waals surface area (Å²) >= 11 is 0. The van der Waals surface area contributed by atoms with Gasteiger partial charge >= 0.3 is 12.4 Å². The monoisotopic (exact) mass is 300 g/mol. The molecular weight excluding hydrogens is 286 g/mol. The van der Waals surface area contributed by atoms with Gasteiger partial charge in [0, 0.05) is 12.6 Å². The lowest BCUT2D eigenvalue weighted by Crippen LogP contribution is -2.28. The van der Waals surface area contributed by atoms with Crippen LogP contribution >= 0.6 is 0 Å². The average Bonchev–Trinajstić information content (AvgIpc) is 2.26. The molecule has 1 aromatic rings. The zero-order valence-corrected chi connectivity index (χ0v) is 10.8. The topological polar surface area (TPSA) is 29.3 Å². The molecule has 0 bridgehead atoms. The van der Waals surface area contributed by atoms with Crippen molar-refractivity contribution in [1.82, 2.24) is 4.90 Å². The van der Waals surface area contributed by atoms with E-state index in [-0.39, 0.29) is 18.2 Å². The molecule has 0 saturated carbocycles. The van der Waals surface area contributed by atoms with E-state index >= 15 is 0 Å². The number of nitrogens with zero attached hydrogens (tertiary/aromatic N) is 1. The molecular formula is C12H14F6N2. The van der Waals surface area contributed by atoms with Gasteiger partial charge in [0.05, 0.1) is 11.1 Å². The summed E-state index contributed by atoms with van der Waals surface area (Å²) in [6.45, 7) is -0.0917. The van der Waals surface area contributed by atoms with Crippen molar-refractivity contribution in [3.05, 3.63) is 34.9 Å². The Morgan fingerprint density at radius 1 is 0.950 bits per heavy atom. The second kappa shape index (κ2) is 5.61. The highest BCUT2D eigenvalue weighted by molar-refractivity contribution is 5.35. The summed E-state index contributed by atoms with van der Waals surface area (Å²) in [6.07, 6.45) is -9.69. The van der Waals surface area contributed by atoms with Crippen LogP contribution in [-0.4, -0.2) is 25.5 Å². The van der Waals surface area contributed by atoms with E-state index in [1.165, 1.54) is 19.0 Å². The second-order valence-electron chi connectivity index (χ2n) is 4.55. The first-order chi connectivity index (χ1) is 8.96. The first-order valence-electron chi connectivity index (χ1n) is 5.62. The van der Waals surface area contributed by atoms with Gasteiger partial charge in [-0.1, -0.05) is 0 Å². The molecule has 8 heteroatoms.